The van der Waals surface area contributed by atoms with Crippen molar-refractivity contribution < 1.29 is 9.72 Å². The van der Waals surface area contributed by atoms with Gasteiger partial charge in [0.05, 0.1) is 16.3 Å². The molecule has 0 bridgehead atoms. The number of hydrogen-bond acceptors (Lipinski definition) is 5. The van der Waals surface area contributed by atoms with Crippen molar-refractivity contribution in [2.45, 2.75) is 0 Å². The van der Waals surface area contributed by atoms with Crippen molar-refractivity contribution in [3.8, 4) is 16.9 Å². The summed E-state index contributed by atoms with van der Waals surface area (Å²) in [4.78, 5) is 23.7. The van der Waals surface area contributed by atoms with Crippen molar-refractivity contribution in [3.05, 3.63) is 106 Å². The number of non-ortho nitro benzene ring substituents is 1. The molecule has 142 valence electrons. The number of anilines is 1. The van der Waals surface area contributed by atoms with Crippen LogP contribution in [0.3, 0.4) is 0 Å². The highest BCUT2D eigenvalue weighted by molar-refractivity contribution is 6.12. The molecule has 7 nitrogen and oxygen atoms in total. The van der Waals surface area contributed by atoms with E-state index in [0.29, 0.717) is 16.9 Å². The fourth-order valence-electron chi connectivity index (χ4n) is 3.09. The number of ketones is 1. The molecule has 0 aliphatic heterocycles. The third kappa shape index (κ3) is 3.37. The van der Waals surface area contributed by atoms with Gasteiger partial charge >= 0.3 is 0 Å². The summed E-state index contributed by atoms with van der Waals surface area (Å²) in [5.74, 6) is -0.281. The summed E-state index contributed by atoms with van der Waals surface area (Å²) in [5, 5.41) is 15.5. The average molecular weight is 384 g/mol. The third-order valence-electron chi connectivity index (χ3n) is 4.53. The minimum absolute atomic E-state index is 0.0481. The molecule has 0 unspecified atom stereocenters. The lowest BCUT2D eigenvalue weighted by atomic mass is 10.0. The number of carbonyl (C=O) groups is 1. The SMILES string of the molecule is Nc1c(-c2ccccc2)nn(-c2ccc([N+](=O)[O-])cc2)c1C(=O)c1ccccc1. The van der Waals surface area contributed by atoms with E-state index in [1.165, 1.54) is 16.8 Å². The lowest BCUT2D eigenvalue weighted by Crippen LogP contribution is -2.12. The van der Waals surface area contributed by atoms with Crippen LogP contribution in [0.25, 0.3) is 16.9 Å². The minimum Gasteiger partial charge on any atom is -0.395 e. The first kappa shape index (κ1) is 18.1. The molecule has 7 heteroatoms. The number of carbonyl (C=O) groups excluding carboxylic acids is 1. The van der Waals surface area contributed by atoms with E-state index in [1.54, 1.807) is 36.4 Å². The van der Waals surface area contributed by atoms with Gasteiger partial charge in [0.1, 0.15) is 11.4 Å². The molecule has 0 spiro atoms. The molecule has 4 rings (SSSR count). The largest absolute Gasteiger partial charge is 0.395 e. The van der Waals surface area contributed by atoms with Crippen LogP contribution in [0.1, 0.15) is 16.1 Å². The van der Waals surface area contributed by atoms with Gasteiger partial charge in [-0.15, -0.1) is 0 Å². The summed E-state index contributed by atoms with van der Waals surface area (Å²) in [6, 6.07) is 23.9. The predicted molar refractivity (Wildman–Crippen MR) is 110 cm³/mol. The van der Waals surface area contributed by atoms with Crippen molar-refractivity contribution in [3.63, 3.8) is 0 Å². The molecule has 0 saturated heterocycles. The Balaban J connectivity index is 1.91. The van der Waals surface area contributed by atoms with Gasteiger partial charge in [-0.1, -0.05) is 60.7 Å². The summed E-state index contributed by atoms with van der Waals surface area (Å²) in [5.41, 5.74) is 9.02. The van der Waals surface area contributed by atoms with E-state index in [2.05, 4.69) is 5.10 Å². The molecule has 0 aliphatic rings. The van der Waals surface area contributed by atoms with Crippen LogP contribution in [0.4, 0.5) is 11.4 Å². The third-order valence-corrected chi connectivity index (χ3v) is 4.53. The molecule has 0 radical (unpaired) electrons. The number of nitro benzene ring substituents is 1. The van der Waals surface area contributed by atoms with Gasteiger partial charge in [0.25, 0.3) is 5.69 Å². The Labute approximate surface area is 166 Å². The van der Waals surface area contributed by atoms with Gasteiger partial charge in [-0.2, -0.15) is 5.10 Å². The maximum absolute atomic E-state index is 13.2. The van der Waals surface area contributed by atoms with Crippen LogP contribution in [-0.2, 0) is 0 Å². The van der Waals surface area contributed by atoms with E-state index in [0.717, 1.165) is 5.56 Å². The van der Waals surface area contributed by atoms with Crippen LogP contribution in [0.15, 0.2) is 84.9 Å². The average Bonchev–Trinajstić information content (AvgIpc) is 3.11. The van der Waals surface area contributed by atoms with Crippen molar-refractivity contribution in [1.29, 1.82) is 0 Å². The van der Waals surface area contributed by atoms with Crippen LogP contribution in [0.2, 0.25) is 0 Å². The topological polar surface area (TPSA) is 104 Å². The highest BCUT2D eigenvalue weighted by Gasteiger charge is 2.24. The first-order valence-electron chi connectivity index (χ1n) is 8.85. The first-order valence-corrected chi connectivity index (χ1v) is 8.85. The standard InChI is InChI=1S/C22H16N4O3/c23-19-20(15-7-3-1-4-8-15)24-25(17-11-13-18(14-12-17)26(28)29)21(19)22(27)16-9-5-2-6-10-16/h1-14H,23H2. The number of nitro groups is 1. The van der Waals surface area contributed by atoms with E-state index < -0.39 is 4.92 Å². The van der Waals surface area contributed by atoms with E-state index >= 15 is 0 Å². The summed E-state index contributed by atoms with van der Waals surface area (Å²) in [7, 11) is 0. The predicted octanol–water partition coefficient (Wildman–Crippen LogP) is 4.26. The van der Waals surface area contributed by atoms with Gasteiger partial charge in [0.15, 0.2) is 0 Å². The summed E-state index contributed by atoms with van der Waals surface area (Å²) >= 11 is 0. The summed E-state index contributed by atoms with van der Waals surface area (Å²) in [6.07, 6.45) is 0. The number of nitrogen functional groups attached to an aromatic ring is 1. The number of rotatable bonds is 5. The molecule has 1 heterocycles. The Morgan fingerprint density at radius 3 is 2.07 bits per heavy atom. The molecule has 0 saturated carbocycles. The summed E-state index contributed by atoms with van der Waals surface area (Å²) < 4.78 is 1.44. The van der Waals surface area contributed by atoms with Crippen molar-refractivity contribution in [1.82, 2.24) is 9.78 Å². The second-order valence-electron chi connectivity index (χ2n) is 6.36. The Hall–Kier alpha value is -4.26. The van der Waals surface area contributed by atoms with E-state index in [-0.39, 0.29) is 22.9 Å². The lowest BCUT2D eigenvalue weighted by molar-refractivity contribution is -0.384. The monoisotopic (exact) mass is 384 g/mol. The van der Waals surface area contributed by atoms with Crippen LogP contribution in [-0.4, -0.2) is 20.5 Å². The molecule has 0 amide bonds. The van der Waals surface area contributed by atoms with Crippen LogP contribution < -0.4 is 5.73 Å². The van der Waals surface area contributed by atoms with Gasteiger partial charge in [0.2, 0.25) is 5.78 Å². The van der Waals surface area contributed by atoms with Gasteiger partial charge in [-0.05, 0) is 12.1 Å². The maximum atomic E-state index is 13.2. The second kappa shape index (κ2) is 7.40. The Morgan fingerprint density at radius 2 is 1.48 bits per heavy atom. The molecule has 2 N–H and O–H groups in total. The van der Waals surface area contributed by atoms with Crippen molar-refractivity contribution in [2.24, 2.45) is 0 Å². The van der Waals surface area contributed by atoms with Crippen molar-refractivity contribution in [2.75, 3.05) is 5.73 Å². The van der Waals surface area contributed by atoms with E-state index in [4.69, 9.17) is 5.73 Å². The van der Waals surface area contributed by atoms with Gasteiger partial charge in [-0.25, -0.2) is 4.68 Å². The molecule has 29 heavy (non-hydrogen) atoms. The van der Waals surface area contributed by atoms with E-state index in [9.17, 15) is 14.9 Å². The molecule has 0 aliphatic carbocycles. The molecule has 0 fully saturated rings. The first-order chi connectivity index (χ1) is 14.1. The maximum Gasteiger partial charge on any atom is 0.269 e. The van der Waals surface area contributed by atoms with Gasteiger partial charge in [-0.3, -0.25) is 14.9 Å². The Bertz CT molecular complexity index is 1180. The molecule has 1 aromatic heterocycles. The highest BCUT2D eigenvalue weighted by atomic mass is 16.6. The highest BCUT2D eigenvalue weighted by Crippen LogP contribution is 2.31. The fraction of sp³-hybridized carbons (Fsp3) is 0. The summed E-state index contributed by atoms with van der Waals surface area (Å²) in [6.45, 7) is 0. The Morgan fingerprint density at radius 1 is 0.897 bits per heavy atom. The molecule has 3 aromatic carbocycles. The number of hydrogen-bond donors (Lipinski definition) is 1. The number of aromatic nitrogens is 2. The molecule has 4 aromatic rings. The molecular weight excluding hydrogens is 368 g/mol. The van der Waals surface area contributed by atoms with Crippen LogP contribution in [0.5, 0.6) is 0 Å². The zero-order chi connectivity index (χ0) is 20.4. The zero-order valence-electron chi connectivity index (χ0n) is 15.2. The minimum atomic E-state index is -0.480. The molecular formula is C22H16N4O3. The normalized spacial score (nSPS) is 10.6. The van der Waals surface area contributed by atoms with Gasteiger partial charge in [0, 0.05) is 23.3 Å². The molecule has 0 atom stereocenters. The Kier molecular flexibility index (Phi) is 4.62. The lowest BCUT2D eigenvalue weighted by Gasteiger charge is -2.07. The second-order valence-corrected chi connectivity index (χ2v) is 6.36. The quantitative estimate of drug-likeness (QED) is 0.314. The fourth-order valence-corrected chi connectivity index (χ4v) is 3.09. The number of nitrogens with zero attached hydrogens (tertiary/aromatic N) is 3. The van der Waals surface area contributed by atoms with Crippen molar-refractivity contribution >= 4 is 17.2 Å². The van der Waals surface area contributed by atoms with Crippen LogP contribution >= 0.6 is 0 Å². The zero-order valence-corrected chi connectivity index (χ0v) is 15.2. The van der Waals surface area contributed by atoms with Crippen LogP contribution in [0, 0.1) is 10.1 Å². The number of benzene rings is 3. The van der Waals surface area contributed by atoms with E-state index in [1.807, 2.05) is 36.4 Å². The van der Waals surface area contributed by atoms with Gasteiger partial charge < -0.3 is 5.73 Å². The number of nitrogens with two attached hydrogens (primary N) is 1. The smallest absolute Gasteiger partial charge is 0.269 e.